The second-order valence-electron chi connectivity index (χ2n) is 10.4. The van der Waals surface area contributed by atoms with Crippen LogP contribution in [0.15, 0.2) is 46.6 Å². The lowest BCUT2D eigenvalue weighted by molar-refractivity contribution is -0.129. The van der Waals surface area contributed by atoms with E-state index in [0.29, 0.717) is 18.0 Å². The fourth-order valence-corrected chi connectivity index (χ4v) is 4.76. The zero-order valence-electron chi connectivity index (χ0n) is 20.1. The number of benzene rings is 1. The van der Waals surface area contributed by atoms with Crippen LogP contribution >= 0.6 is 0 Å². The Balaban J connectivity index is 1.38. The van der Waals surface area contributed by atoms with Crippen molar-refractivity contribution in [2.24, 2.45) is 17.3 Å². The minimum Gasteiger partial charge on any atom is -0.464 e. The molecule has 1 aromatic carbocycles. The van der Waals surface area contributed by atoms with Crippen molar-refractivity contribution in [1.29, 1.82) is 5.26 Å². The molecule has 2 aromatic rings. The van der Waals surface area contributed by atoms with Crippen molar-refractivity contribution >= 4 is 30.1 Å². The van der Waals surface area contributed by atoms with Crippen molar-refractivity contribution in [2.45, 2.75) is 45.6 Å². The van der Waals surface area contributed by atoms with Crippen molar-refractivity contribution in [3.8, 4) is 6.07 Å². The number of amides is 2. The van der Waals surface area contributed by atoms with E-state index in [-0.39, 0.29) is 41.9 Å². The van der Waals surface area contributed by atoms with Gasteiger partial charge in [-0.15, -0.1) is 0 Å². The normalized spacial score (nSPS) is 22.3. The summed E-state index contributed by atoms with van der Waals surface area (Å²) in [6.45, 7) is 6.26. The third-order valence-corrected chi connectivity index (χ3v) is 6.54. The molecule has 184 valence electrons. The number of nitriles is 1. The molecule has 1 aliphatic carbocycles. The topological polar surface area (TPSA) is 136 Å². The highest BCUT2D eigenvalue weighted by atomic mass is 16.5. The van der Waals surface area contributed by atoms with Crippen LogP contribution in [0.4, 0.5) is 4.79 Å². The summed E-state index contributed by atoms with van der Waals surface area (Å²) in [7, 11) is -1.81. The Kier molecular flexibility index (Phi) is 6.92. The number of allylic oxidation sites excluding steroid dienone is 1. The van der Waals surface area contributed by atoms with E-state index in [0.717, 1.165) is 17.4 Å². The van der Waals surface area contributed by atoms with Gasteiger partial charge in [0.2, 0.25) is 0 Å². The predicted molar refractivity (Wildman–Crippen MR) is 129 cm³/mol. The predicted octanol–water partition coefficient (Wildman–Crippen LogP) is 2.43. The van der Waals surface area contributed by atoms with E-state index in [1.165, 1.54) is 6.26 Å². The van der Waals surface area contributed by atoms with Gasteiger partial charge in [-0.2, -0.15) is 5.26 Å². The quantitative estimate of drug-likeness (QED) is 0.315. The molecule has 2 fully saturated rings. The lowest BCUT2D eigenvalue weighted by Gasteiger charge is -2.28. The van der Waals surface area contributed by atoms with Crippen LogP contribution < -0.4 is 5.32 Å². The molecule has 2 aliphatic rings. The van der Waals surface area contributed by atoms with Gasteiger partial charge in [0, 0.05) is 11.9 Å². The van der Waals surface area contributed by atoms with E-state index in [1.807, 2.05) is 45.0 Å². The average Bonchev–Trinajstić information content (AvgIpc) is 3.30. The Morgan fingerprint density at radius 1 is 1.37 bits per heavy atom. The van der Waals surface area contributed by atoms with E-state index in [1.54, 1.807) is 17.0 Å². The number of fused-ring (bicyclic) bond motifs is 2. The molecule has 0 spiro atoms. The second kappa shape index (κ2) is 9.76. The van der Waals surface area contributed by atoms with Crippen molar-refractivity contribution in [3.63, 3.8) is 0 Å². The van der Waals surface area contributed by atoms with Crippen LogP contribution in [0.25, 0.3) is 11.0 Å². The van der Waals surface area contributed by atoms with Gasteiger partial charge in [0.15, 0.2) is 0 Å². The van der Waals surface area contributed by atoms with E-state index < -0.39 is 19.2 Å². The minimum atomic E-state index is -1.81. The van der Waals surface area contributed by atoms with E-state index >= 15 is 0 Å². The molecule has 0 bridgehead atoms. The summed E-state index contributed by atoms with van der Waals surface area (Å²) >= 11 is 0. The Labute approximate surface area is 204 Å². The largest absolute Gasteiger partial charge is 0.475 e. The standard InChI is InChI=1S/C25H30BN3O6/c1-25(2,3)10-17(11-27)23(30)29-12-15-8-19(15)20(29)14-35-24(31)28-22(26(32)33)9-16-13-34-21-7-5-4-6-18(16)21/h4-7,10,13,15,19-20,22,32-33H,8-9,12,14H2,1-3H3,(H,28,31)/t15-,19-,20-,22-/m0/s1. The first-order valence-corrected chi connectivity index (χ1v) is 11.8. The Bertz CT molecular complexity index is 1180. The summed E-state index contributed by atoms with van der Waals surface area (Å²) in [5.41, 5.74) is 1.15. The van der Waals surface area contributed by atoms with Crippen LogP contribution in [0.5, 0.6) is 0 Å². The van der Waals surface area contributed by atoms with Crippen LogP contribution in [-0.4, -0.2) is 59.2 Å². The van der Waals surface area contributed by atoms with Crippen LogP contribution in [0.1, 0.15) is 32.8 Å². The monoisotopic (exact) mass is 479 g/mol. The third-order valence-electron chi connectivity index (χ3n) is 6.54. The Hall–Kier alpha value is -3.29. The highest BCUT2D eigenvalue weighted by molar-refractivity contribution is 6.43. The molecule has 0 radical (unpaired) electrons. The molecule has 9 nitrogen and oxygen atoms in total. The maximum atomic E-state index is 13.0. The van der Waals surface area contributed by atoms with Gasteiger partial charge in [-0.1, -0.05) is 45.0 Å². The number of carbonyl (C=O) groups excluding carboxylic acids is 2. The van der Waals surface area contributed by atoms with E-state index in [9.17, 15) is 24.9 Å². The Morgan fingerprint density at radius 3 is 2.80 bits per heavy atom. The number of furan rings is 1. The third kappa shape index (κ3) is 5.69. The first kappa shape index (κ1) is 24.8. The van der Waals surface area contributed by atoms with Gasteiger partial charge >= 0.3 is 13.2 Å². The minimum absolute atomic E-state index is 0.0319. The first-order chi connectivity index (χ1) is 16.6. The fourth-order valence-electron chi connectivity index (χ4n) is 4.76. The smallest absolute Gasteiger partial charge is 0.464 e. The van der Waals surface area contributed by atoms with Crippen molar-refractivity contribution in [2.75, 3.05) is 13.2 Å². The summed E-state index contributed by atoms with van der Waals surface area (Å²) < 4.78 is 10.9. The number of alkyl carbamates (subject to hydrolysis) is 1. The average molecular weight is 479 g/mol. The summed E-state index contributed by atoms with van der Waals surface area (Å²) in [6.07, 6.45) is 3.47. The molecule has 1 aliphatic heterocycles. The lowest BCUT2D eigenvalue weighted by atomic mass is 9.76. The first-order valence-electron chi connectivity index (χ1n) is 11.8. The van der Waals surface area contributed by atoms with Crippen molar-refractivity contribution in [3.05, 3.63) is 47.7 Å². The second-order valence-corrected chi connectivity index (χ2v) is 10.4. The zero-order chi connectivity index (χ0) is 25.3. The molecule has 10 heteroatoms. The maximum Gasteiger partial charge on any atom is 0.475 e. The number of rotatable bonds is 7. The van der Waals surface area contributed by atoms with E-state index in [4.69, 9.17) is 9.15 Å². The summed E-state index contributed by atoms with van der Waals surface area (Å²) in [4.78, 5) is 27.2. The van der Waals surface area contributed by atoms with Crippen LogP contribution in [0.2, 0.25) is 0 Å². The molecule has 2 heterocycles. The Morgan fingerprint density at radius 2 is 2.11 bits per heavy atom. The number of para-hydroxylation sites is 1. The molecule has 35 heavy (non-hydrogen) atoms. The molecular weight excluding hydrogens is 449 g/mol. The van der Waals surface area contributed by atoms with Gasteiger partial charge in [-0.05, 0) is 41.7 Å². The number of ether oxygens (including phenoxy) is 1. The maximum absolute atomic E-state index is 13.0. The van der Waals surface area contributed by atoms with Crippen LogP contribution in [0, 0.1) is 28.6 Å². The van der Waals surface area contributed by atoms with Crippen LogP contribution in [0.3, 0.4) is 0 Å². The number of hydrogen-bond acceptors (Lipinski definition) is 7. The molecule has 1 aromatic heterocycles. The molecule has 3 N–H and O–H groups in total. The van der Waals surface area contributed by atoms with Gasteiger partial charge in [0.25, 0.3) is 5.91 Å². The lowest BCUT2D eigenvalue weighted by Crippen LogP contribution is -2.49. The molecule has 1 saturated heterocycles. The van der Waals surface area contributed by atoms with Crippen molar-refractivity contribution in [1.82, 2.24) is 10.2 Å². The fraction of sp³-hybridized carbons (Fsp3) is 0.480. The van der Waals surface area contributed by atoms with Gasteiger partial charge in [0.1, 0.15) is 23.8 Å². The molecule has 1 saturated carbocycles. The van der Waals surface area contributed by atoms with Gasteiger partial charge < -0.3 is 29.4 Å². The zero-order valence-corrected chi connectivity index (χ0v) is 20.1. The van der Waals surface area contributed by atoms with Crippen LogP contribution in [-0.2, 0) is 16.0 Å². The number of hydrogen-bond donors (Lipinski definition) is 3. The van der Waals surface area contributed by atoms with Gasteiger partial charge in [0.05, 0.1) is 18.2 Å². The number of nitrogens with one attached hydrogen (secondary N) is 1. The van der Waals surface area contributed by atoms with E-state index in [2.05, 4.69) is 5.32 Å². The molecule has 4 rings (SSSR count). The number of piperidine rings is 1. The number of carbonyl (C=O) groups is 2. The SMILES string of the molecule is CC(C)(C)C=C(C#N)C(=O)N1C[C@@H]2C[C@@H]2[C@@H]1COC(=O)N[C@@H](Cc1coc2ccccc12)B(O)O. The number of nitrogens with zero attached hydrogens (tertiary/aromatic N) is 2. The number of likely N-dealkylation sites (tertiary alicyclic amines) is 1. The molecule has 4 atom stereocenters. The van der Waals surface area contributed by atoms with Gasteiger partial charge in [-0.25, -0.2) is 4.79 Å². The molecular formula is C25H30BN3O6. The summed E-state index contributed by atoms with van der Waals surface area (Å²) in [5, 5.41) is 32.5. The highest BCUT2D eigenvalue weighted by Gasteiger charge is 2.54. The summed E-state index contributed by atoms with van der Waals surface area (Å²) in [5.74, 6) is -0.776. The summed E-state index contributed by atoms with van der Waals surface area (Å²) in [6, 6.07) is 9.04. The molecule has 2 amide bonds. The highest BCUT2D eigenvalue weighted by Crippen LogP contribution is 2.50. The van der Waals surface area contributed by atoms with Gasteiger partial charge in [-0.3, -0.25) is 4.79 Å². The molecule has 0 unspecified atom stereocenters. The van der Waals surface area contributed by atoms with Crippen molar-refractivity contribution < 1.29 is 28.8 Å².